The summed E-state index contributed by atoms with van der Waals surface area (Å²) >= 11 is 0. The number of rotatable bonds is 4. The molecule has 5 rings (SSSR count). The Labute approximate surface area is 195 Å². The van der Waals surface area contributed by atoms with E-state index >= 15 is 0 Å². The summed E-state index contributed by atoms with van der Waals surface area (Å²) < 4.78 is 17.1. The molecule has 2 aromatic rings. The molecule has 0 bridgehead atoms. The van der Waals surface area contributed by atoms with Crippen molar-refractivity contribution >= 4 is 11.9 Å². The Morgan fingerprint density at radius 1 is 0.970 bits per heavy atom. The highest BCUT2D eigenvalue weighted by molar-refractivity contribution is 6.06. The van der Waals surface area contributed by atoms with Crippen LogP contribution in [0.15, 0.2) is 54.1 Å². The van der Waals surface area contributed by atoms with Gasteiger partial charge in [0.05, 0.1) is 25.7 Å². The molecule has 3 fully saturated rings. The first-order valence-electron chi connectivity index (χ1n) is 11.9. The molecule has 0 aromatic heterocycles. The van der Waals surface area contributed by atoms with Crippen molar-refractivity contribution in [3.63, 3.8) is 0 Å². The summed E-state index contributed by atoms with van der Waals surface area (Å²) in [6, 6.07) is 15.5. The second-order valence-electron chi connectivity index (χ2n) is 9.69. The van der Waals surface area contributed by atoms with Crippen LogP contribution < -0.4 is 9.47 Å². The molecule has 4 atom stereocenters. The fourth-order valence-electron chi connectivity index (χ4n) is 6.03. The van der Waals surface area contributed by atoms with Crippen LogP contribution in [0.1, 0.15) is 62.2 Å². The number of benzene rings is 2. The number of ether oxygens (including phenoxy) is 3. The van der Waals surface area contributed by atoms with Gasteiger partial charge in [-0.1, -0.05) is 30.7 Å². The van der Waals surface area contributed by atoms with Gasteiger partial charge in [-0.25, -0.2) is 0 Å². The maximum Gasteiger partial charge on any atom is 0.169 e. The van der Waals surface area contributed by atoms with Crippen molar-refractivity contribution in [1.82, 2.24) is 0 Å². The highest BCUT2D eigenvalue weighted by Gasteiger charge is 2.61. The monoisotopic (exact) mass is 448 g/mol. The zero-order valence-electron chi connectivity index (χ0n) is 19.4. The maximum atomic E-state index is 14.0. The minimum absolute atomic E-state index is 0.00923. The number of hydrogen-bond donors (Lipinski definition) is 1. The van der Waals surface area contributed by atoms with E-state index in [2.05, 4.69) is 0 Å². The first kappa shape index (κ1) is 22.2. The molecular weight excluding hydrogens is 416 g/mol. The van der Waals surface area contributed by atoms with Crippen molar-refractivity contribution in [2.24, 2.45) is 11.3 Å². The molecule has 2 aromatic carbocycles. The molecule has 0 radical (unpaired) electrons. The van der Waals surface area contributed by atoms with Crippen molar-refractivity contribution in [2.75, 3.05) is 14.2 Å². The normalized spacial score (nSPS) is 32.7. The third-order valence-electron chi connectivity index (χ3n) is 7.87. The molecule has 174 valence electrons. The molecule has 1 N–H and O–H groups in total. The maximum absolute atomic E-state index is 14.0. The molecule has 2 saturated carbocycles. The summed E-state index contributed by atoms with van der Waals surface area (Å²) in [5.41, 5.74) is 2.10. The molecule has 3 aliphatic rings. The van der Waals surface area contributed by atoms with Gasteiger partial charge in [-0.2, -0.15) is 0 Å². The van der Waals surface area contributed by atoms with E-state index in [-0.39, 0.29) is 11.7 Å². The molecule has 5 heteroatoms. The summed E-state index contributed by atoms with van der Waals surface area (Å²) in [7, 11) is 3.28. The lowest BCUT2D eigenvalue weighted by Gasteiger charge is -2.53. The number of carbonyl (C=O) groups is 1. The first-order chi connectivity index (χ1) is 16.0. The summed E-state index contributed by atoms with van der Waals surface area (Å²) in [4.78, 5) is 14.0. The molecular formula is C28H32O5. The van der Waals surface area contributed by atoms with Crippen molar-refractivity contribution in [3.8, 4) is 11.5 Å². The quantitative estimate of drug-likeness (QED) is 0.628. The van der Waals surface area contributed by atoms with Crippen LogP contribution in [0.4, 0.5) is 0 Å². The lowest BCUT2D eigenvalue weighted by atomic mass is 9.63. The van der Waals surface area contributed by atoms with Crippen molar-refractivity contribution in [3.05, 3.63) is 65.2 Å². The fourth-order valence-corrected chi connectivity index (χ4v) is 6.03. The predicted molar refractivity (Wildman–Crippen MR) is 126 cm³/mol. The van der Waals surface area contributed by atoms with Gasteiger partial charge < -0.3 is 19.3 Å². The molecule has 0 unspecified atom stereocenters. The van der Waals surface area contributed by atoms with Crippen molar-refractivity contribution in [2.45, 2.75) is 56.8 Å². The molecule has 0 amide bonds. The zero-order chi connectivity index (χ0) is 23.1. The Balaban J connectivity index is 1.52. The minimum Gasteiger partial charge on any atom is -0.497 e. The van der Waals surface area contributed by atoms with Crippen molar-refractivity contribution < 1.29 is 24.1 Å². The van der Waals surface area contributed by atoms with Crippen molar-refractivity contribution in [1.29, 1.82) is 0 Å². The molecule has 5 nitrogen and oxygen atoms in total. The third kappa shape index (κ3) is 3.87. The Morgan fingerprint density at radius 3 is 2.30 bits per heavy atom. The number of ketones is 1. The second kappa shape index (κ2) is 8.62. The summed E-state index contributed by atoms with van der Waals surface area (Å²) in [5.74, 6) is 0.548. The number of hydrogen-bond acceptors (Lipinski definition) is 5. The van der Waals surface area contributed by atoms with Crippen LogP contribution in [0, 0.1) is 11.3 Å². The third-order valence-corrected chi connectivity index (χ3v) is 7.87. The molecule has 1 aliphatic heterocycles. The Morgan fingerprint density at radius 2 is 1.64 bits per heavy atom. The largest absolute Gasteiger partial charge is 0.497 e. The molecule has 1 spiro atoms. The van der Waals surface area contributed by atoms with Crippen LogP contribution in [0.3, 0.4) is 0 Å². The van der Waals surface area contributed by atoms with Gasteiger partial charge in [-0.3, -0.25) is 4.79 Å². The summed E-state index contributed by atoms with van der Waals surface area (Å²) in [6.45, 7) is 0. The van der Waals surface area contributed by atoms with Crippen LogP contribution in [-0.2, 0) is 9.53 Å². The standard InChI is InChI=1S/C28H32O5/c1-31-23-10-6-19(7-11-23)17-21-14-16-27(25(21)29)18-22-5-3-4-15-28(22,30)33-26(27)20-8-12-24(32-2)13-9-20/h6-13,17,22,26,30H,3-5,14-16,18H2,1-2H3/t22-,26+,27+,28+/m0/s1. The predicted octanol–water partition coefficient (Wildman–Crippen LogP) is 5.48. The van der Waals surface area contributed by atoms with Crippen LogP contribution in [0.25, 0.3) is 6.08 Å². The van der Waals surface area contributed by atoms with Crippen LogP contribution in [-0.4, -0.2) is 30.9 Å². The Kier molecular flexibility index (Phi) is 5.79. The smallest absolute Gasteiger partial charge is 0.169 e. The molecule has 2 aliphatic carbocycles. The lowest BCUT2D eigenvalue weighted by Crippen LogP contribution is -2.55. The van der Waals surface area contributed by atoms with Gasteiger partial charge in [0.1, 0.15) is 11.5 Å². The van der Waals surface area contributed by atoms with Gasteiger partial charge >= 0.3 is 0 Å². The van der Waals surface area contributed by atoms with Gasteiger partial charge in [-0.05, 0) is 79.1 Å². The number of Topliss-reactive ketones (excluding diaryl/α,β-unsaturated/α-hetero) is 1. The Hall–Kier alpha value is -2.63. The molecule has 1 saturated heterocycles. The van der Waals surface area contributed by atoms with Crippen LogP contribution in [0.2, 0.25) is 0 Å². The van der Waals surface area contributed by atoms with E-state index in [0.29, 0.717) is 19.3 Å². The van der Waals surface area contributed by atoms with E-state index < -0.39 is 17.3 Å². The fraction of sp³-hybridized carbons (Fsp3) is 0.464. The van der Waals surface area contributed by atoms with Crippen LogP contribution >= 0.6 is 0 Å². The topological polar surface area (TPSA) is 65.0 Å². The Bertz CT molecular complexity index is 1040. The highest BCUT2D eigenvalue weighted by atomic mass is 16.6. The number of carbonyl (C=O) groups excluding carboxylic acids is 1. The number of fused-ring (bicyclic) bond motifs is 1. The summed E-state index contributed by atoms with van der Waals surface area (Å²) in [6.07, 6.45) is 7.19. The van der Waals surface area contributed by atoms with Gasteiger partial charge in [0.15, 0.2) is 11.6 Å². The van der Waals surface area contributed by atoms with E-state index in [0.717, 1.165) is 53.9 Å². The highest BCUT2D eigenvalue weighted by Crippen LogP contribution is 2.61. The van der Waals surface area contributed by atoms with Gasteiger partial charge in [0, 0.05) is 12.3 Å². The number of aliphatic hydroxyl groups is 1. The van der Waals surface area contributed by atoms with Gasteiger partial charge in [0.2, 0.25) is 0 Å². The number of methoxy groups -OCH3 is 2. The van der Waals surface area contributed by atoms with E-state index in [1.807, 2.05) is 54.6 Å². The average Bonchev–Trinajstić information content (AvgIpc) is 3.15. The molecule has 33 heavy (non-hydrogen) atoms. The second-order valence-corrected chi connectivity index (χ2v) is 9.69. The minimum atomic E-state index is -1.16. The van der Waals surface area contributed by atoms with Gasteiger partial charge in [0.25, 0.3) is 0 Å². The van der Waals surface area contributed by atoms with E-state index in [1.54, 1.807) is 14.2 Å². The van der Waals surface area contributed by atoms with E-state index in [1.165, 1.54) is 0 Å². The average molecular weight is 449 g/mol. The van der Waals surface area contributed by atoms with E-state index in [4.69, 9.17) is 14.2 Å². The van der Waals surface area contributed by atoms with Crippen LogP contribution in [0.5, 0.6) is 11.5 Å². The van der Waals surface area contributed by atoms with E-state index in [9.17, 15) is 9.90 Å². The number of allylic oxidation sites excluding steroid dienone is 1. The summed E-state index contributed by atoms with van der Waals surface area (Å²) in [5, 5.41) is 11.4. The first-order valence-corrected chi connectivity index (χ1v) is 11.9. The lowest BCUT2D eigenvalue weighted by molar-refractivity contribution is -0.323. The van der Waals surface area contributed by atoms with Gasteiger partial charge in [-0.15, -0.1) is 0 Å². The molecule has 1 heterocycles. The SMILES string of the molecule is COc1ccc(C=C2CC[C@@]3(C[C@@H]4CCCC[C@@]4(O)O[C@@H]3c3ccc(OC)cc3)C2=O)cc1. The zero-order valence-corrected chi connectivity index (χ0v) is 19.4.